The van der Waals surface area contributed by atoms with Crippen molar-refractivity contribution in [3.63, 3.8) is 0 Å². The average molecular weight is 285 g/mol. The van der Waals surface area contributed by atoms with E-state index >= 15 is 0 Å². The summed E-state index contributed by atoms with van der Waals surface area (Å²) < 4.78 is 14.3. The van der Waals surface area contributed by atoms with Crippen LogP contribution in [0, 0.1) is 24.2 Å². The van der Waals surface area contributed by atoms with Gasteiger partial charge in [0.25, 0.3) is 0 Å². The first-order chi connectivity index (χ1) is 6.79. The molecule has 3 heteroatoms. The maximum absolute atomic E-state index is 13.5. The number of benzene rings is 1. The van der Waals surface area contributed by atoms with Crippen molar-refractivity contribution in [3.8, 4) is 11.5 Å². The molecule has 0 saturated carbocycles. The van der Waals surface area contributed by atoms with Gasteiger partial charge in [0.05, 0.1) is 5.56 Å². The van der Waals surface area contributed by atoms with Crippen molar-refractivity contribution in [2.75, 3.05) is 0 Å². The molecule has 0 heterocycles. The van der Waals surface area contributed by atoms with Crippen molar-refractivity contribution in [1.29, 1.82) is 0 Å². The van der Waals surface area contributed by atoms with Crippen LogP contribution in [-0.2, 0) is 0 Å². The van der Waals surface area contributed by atoms with E-state index in [0.717, 1.165) is 10.0 Å². The van der Waals surface area contributed by atoms with Crippen molar-refractivity contribution in [3.05, 3.63) is 33.5 Å². The Morgan fingerprint density at radius 2 is 1.87 bits per heavy atom. The predicted octanol–water partition coefficient (Wildman–Crippen LogP) is 4.13. The summed E-state index contributed by atoms with van der Waals surface area (Å²) in [6.45, 7) is 8.36. The summed E-state index contributed by atoms with van der Waals surface area (Å²) in [5.74, 6) is 2.69. The van der Waals surface area contributed by atoms with Gasteiger partial charge in [0.2, 0.25) is 0 Å². The molecule has 1 rings (SSSR count). The van der Waals surface area contributed by atoms with Gasteiger partial charge in [-0.2, -0.15) is 0 Å². The zero-order valence-electron chi connectivity index (χ0n) is 9.41. The summed E-state index contributed by atoms with van der Waals surface area (Å²) in [6, 6.07) is 3.26. The van der Waals surface area contributed by atoms with Crippen LogP contribution in [0.15, 0.2) is 16.6 Å². The number of rotatable bonds is 0. The van der Waals surface area contributed by atoms with Gasteiger partial charge in [0, 0.05) is 4.47 Å². The molecular formula is C12H14BrFSi. The summed E-state index contributed by atoms with van der Waals surface area (Å²) in [4.78, 5) is 0. The van der Waals surface area contributed by atoms with Crippen LogP contribution in [0.25, 0.3) is 0 Å². The molecule has 0 nitrogen and oxygen atoms in total. The quantitative estimate of drug-likeness (QED) is 0.497. The van der Waals surface area contributed by atoms with E-state index in [-0.39, 0.29) is 5.82 Å². The molecule has 0 spiro atoms. The minimum atomic E-state index is -1.43. The molecule has 0 aliphatic rings. The van der Waals surface area contributed by atoms with Gasteiger partial charge in [0.15, 0.2) is 0 Å². The minimum Gasteiger partial charge on any atom is -0.206 e. The Balaban J connectivity index is 3.15. The van der Waals surface area contributed by atoms with Gasteiger partial charge in [0.1, 0.15) is 13.9 Å². The third kappa shape index (κ3) is 3.81. The molecule has 0 unspecified atom stereocenters. The van der Waals surface area contributed by atoms with Crippen LogP contribution in [-0.4, -0.2) is 8.07 Å². The van der Waals surface area contributed by atoms with E-state index in [4.69, 9.17) is 0 Å². The van der Waals surface area contributed by atoms with Gasteiger partial charge in [-0.05, 0) is 24.6 Å². The van der Waals surface area contributed by atoms with E-state index in [9.17, 15) is 4.39 Å². The summed E-state index contributed by atoms with van der Waals surface area (Å²) >= 11 is 3.29. The largest absolute Gasteiger partial charge is 0.206 e. The second-order valence-electron chi connectivity index (χ2n) is 4.58. The molecule has 15 heavy (non-hydrogen) atoms. The molecular weight excluding hydrogens is 271 g/mol. The molecule has 0 fully saturated rings. The zero-order valence-corrected chi connectivity index (χ0v) is 12.0. The molecule has 0 aliphatic heterocycles. The fourth-order valence-corrected chi connectivity index (χ4v) is 1.83. The van der Waals surface area contributed by atoms with Crippen LogP contribution < -0.4 is 0 Å². The lowest BCUT2D eigenvalue weighted by Crippen LogP contribution is -2.16. The van der Waals surface area contributed by atoms with E-state index < -0.39 is 8.07 Å². The summed E-state index contributed by atoms with van der Waals surface area (Å²) in [5.41, 5.74) is 4.67. The molecule has 0 saturated heterocycles. The highest BCUT2D eigenvalue weighted by Gasteiger charge is 2.09. The molecule has 0 aromatic heterocycles. The maximum atomic E-state index is 13.5. The van der Waals surface area contributed by atoms with E-state index in [1.54, 1.807) is 6.07 Å². The number of hydrogen-bond acceptors (Lipinski definition) is 0. The third-order valence-electron chi connectivity index (χ3n) is 1.82. The standard InChI is InChI=1S/C12H14BrFSi/c1-9-7-10(5-6-15(2,3)4)12(14)8-11(9)13/h7-8H,1-4H3. The van der Waals surface area contributed by atoms with Gasteiger partial charge in [-0.3, -0.25) is 0 Å². The fourth-order valence-electron chi connectivity index (χ4n) is 1.01. The van der Waals surface area contributed by atoms with E-state index in [1.807, 2.05) is 6.92 Å². The first-order valence-corrected chi connectivity index (χ1v) is 9.08. The second-order valence-corrected chi connectivity index (χ2v) is 10.2. The van der Waals surface area contributed by atoms with Crippen LogP contribution in [0.3, 0.4) is 0 Å². The van der Waals surface area contributed by atoms with E-state index in [1.165, 1.54) is 6.07 Å². The highest BCUT2D eigenvalue weighted by molar-refractivity contribution is 9.10. The zero-order chi connectivity index (χ0) is 11.6. The third-order valence-corrected chi connectivity index (χ3v) is 3.55. The van der Waals surface area contributed by atoms with Crippen molar-refractivity contribution >= 4 is 24.0 Å². The molecule has 0 bridgehead atoms. The SMILES string of the molecule is Cc1cc(C#C[Si](C)(C)C)c(F)cc1Br. The van der Waals surface area contributed by atoms with Crippen molar-refractivity contribution in [2.24, 2.45) is 0 Å². The first kappa shape index (κ1) is 12.5. The van der Waals surface area contributed by atoms with Gasteiger partial charge >= 0.3 is 0 Å². The molecule has 1 aromatic carbocycles. The topological polar surface area (TPSA) is 0 Å². The van der Waals surface area contributed by atoms with Gasteiger partial charge < -0.3 is 0 Å². The Morgan fingerprint density at radius 1 is 1.27 bits per heavy atom. The maximum Gasteiger partial charge on any atom is 0.139 e. The summed E-state index contributed by atoms with van der Waals surface area (Å²) in [6.07, 6.45) is 0. The molecule has 0 amide bonds. The van der Waals surface area contributed by atoms with Crippen molar-refractivity contribution < 1.29 is 4.39 Å². The highest BCUT2D eigenvalue weighted by Crippen LogP contribution is 2.20. The highest BCUT2D eigenvalue weighted by atomic mass is 79.9. The van der Waals surface area contributed by atoms with Gasteiger partial charge in [-0.15, -0.1) is 5.54 Å². The van der Waals surface area contributed by atoms with Crippen LogP contribution >= 0.6 is 15.9 Å². The fraction of sp³-hybridized carbons (Fsp3) is 0.333. The first-order valence-electron chi connectivity index (χ1n) is 4.78. The Morgan fingerprint density at radius 3 is 2.40 bits per heavy atom. The van der Waals surface area contributed by atoms with Crippen LogP contribution in [0.5, 0.6) is 0 Å². The Labute approximate surface area is 100 Å². The van der Waals surface area contributed by atoms with E-state index in [2.05, 4.69) is 47.0 Å². The number of hydrogen-bond donors (Lipinski definition) is 0. The smallest absolute Gasteiger partial charge is 0.139 e. The van der Waals surface area contributed by atoms with E-state index in [0.29, 0.717) is 5.56 Å². The Bertz CT molecular complexity index is 435. The number of aryl methyl sites for hydroxylation is 1. The molecule has 1 aromatic rings. The normalized spacial score (nSPS) is 10.8. The van der Waals surface area contributed by atoms with Crippen LogP contribution in [0.2, 0.25) is 19.6 Å². The molecule has 0 radical (unpaired) electrons. The summed E-state index contributed by atoms with van der Waals surface area (Å²) in [7, 11) is -1.43. The molecule has 0 atom stereocenters. The summed E-state index contributed by atoms with van der Waals surface area (Å²) in [5, 5.41) is 0. The van der Waals surface area contributed by atoms with Crippen molar-refractivity contribution in [2.45, 2.75) is 26.6 Å². The number of halogens is 2. The lowest BCUT2D eigenvalue weighted by atomic mass is 10.1. The van der Waals surface area contributed by atoms with Crippen molar-refractivity contribution in [1.82, 2.24) is 0 Å². The molecule has 80 valence electrons. The predicted molar refractivity (Wildman–Crippen MR) is 69.1 cm³/mol. The Hall–Kier alpha value is -0.593. The molecule has 0 aliphatic carbocycles. The minimum absolute atomic E-state index is 0.252. The molecule has 0 N–H and O–H groups in total. The van der Waals surface area contributed by atoms with Crippen LogP contribution in [0.1, 0.15) is 11.1 Å². The Kier molecular flexibility index (Phi) is 3.75. The van der Waals surface area contributed by atoms with Crippen LogP contribution in [0.4, 0.5) is 4.39 Å². The van der Waals surface area contributed by atoms with Gasteiger partial charge in [-0.25, -0.2) is 4.39 Å². The average Bonchev–Trinajstić information content (AvgIpc) is 2.07. The second kappa shape index (κ2) is 4.50. The lowest BCUT2D eigenvalue weighted by Gasteiger charge is -2.04. The van der Waals surface area contributed by atoms with Gasteiger partial charge in [-0.1, -0.05) is 41.5 Å². The monoisotopic (exact) mass is 284 g/mol. The lowest BCUT2D eigenvalue weighted by molar-refractivity contribution is 0.623.